The minimum absolute atomic E-state index is 0.0822. The maximum absolute atomic E-state index is 14.7. The number of rotatable bonds is 10. The van der Waals surface area contributed by atoms with Crippen LogP contribution >= 0.6 is 0 Å². The third kappa shape index (κ3) is 6.75. The van der Waals surface area contributed by atoms with Crippen molar-refractivity contribution in [3.05, 3.63) is 60.2 Å². The largest absolute Gasteiger partial charge is 0.455 e. The molecular weight excluding hydrogens is 602 g/mol. The lowest BCUT2D eigenvalue weighted by atomic mass is 9.77. The summed E-state index contributed by atoms with van der Waals surface area (Å²) in [6, 6.07) is 6.69. The van der Waals surface area contributed by atoms with Gasteiger partial charge in [0.1, 0.15) is 23.7 Å². The van der Waals surface area contributed by atoms with Crippen molar-refractivity contribution in [1.82, 2.24) is 15.1 Å². The van der Waals surface area contributed by atoms with Crippen LogP contribution in [0.4, 0.5) is 0 Å². The molecule has 0 aromatic heterocycles. The molecule has 256 valence electrons. The van der Waals surface area contributed by atoms with E-state index in [9.17, 15) is 24.3 Å². The number of nitrogens with one attached hydrogen (secondary N) is 1. The second-order valence-electron chi connectivity index (χ2n) is 13.3. The minimum atomic E-state index is -1.46. The van der Waals surface area contributed by atoms with E-state index in [4.69, 9.17) is 14.2 Å². The first-order valence-corrected chi connectivity index (χ1v) is 17.0. The van der Waals surface area contributed by atoms with Gasteiger partial charge in [-0.15, -0.1) is 0 Å². The molecule has 1 aromatic rings. The molecule has 2 N–H and O–H groups in total. The number of aliphatic hydroxyl groups excluding tert-OH is 1. The summed E-state index contributed by atoms with van der Waals surface area (Å²) in [5.41, 5.74) is -0.803. The van der Waals surface area contributed by atoms with Gasteiger partial charge in [0, 0.05) is 26.6 Å². The van der Waals surface area contributed by atoms with Gasteiger partial charge in [-0.1, -0.05) is 88.2 Å². The number of aliphatic hydroxyl groups is 1. The predicted octanol–water partition coefficient (Wildman–Crippen LogP) is 2.94. The SMILES string of the molecule is CCCCCN1CC=C[C@]23O[C@@H]4/C=C\CCC(=O)N[C@H](COC)[C@@H](c5ccccc5)OC(=O)[C@@H]4[C@H]2C(=O)N([C@@H](CO)C(C)C)[C@@H]3C1=O. The van der Waals surface area contributed by atoms with Crippen LogP contribution in [0.1, 0.15) is 64.5 Å². The number of fused-ring (bicyclic) bond motifs is 2. The summed E-state index contributed by atoms with van der Waals surface area (Å²) in [4.78, 5) is 60.0. The van der Waals surface area contributed by atoms with Gasteiger partial charge in [0.05, 0.1) is 37.3 Å². The molecule has 4 heterocycles. The van der Waals surface area contributed by atoms with Crippen LogP contribution in [0.15, 0.2) is 54.6 Å². The number of benzene rings is 1. The molecule has 11 heteroatoms. The van der Waals surface area contributed by atoms with Gasteiger partial charge in [0.15, 0.2) is 0 Å². The van der Waals surface area contributed by atoms with Gasteiger partial charge in [-0.3, -0.25) is 19.2 Å². The Balaban J connectivity index is 1.61. The zero-order chi connectivity index (χ0) is 33.7. The van der Waals surface area contributed by atoms with Crippen LogP contribution < -0.4 is 5.32 Å². The maximum atomic E-state index is 14.7. The maximum Gasteiger partial charge on any atom is 0.313 e. The van der Waals surface area contributed by atoms with Crippen molar-refractivity contribution in [2.75, 3.05) is 33.4 Å². The number of carbonyl (C=O) groups is 4. The summed E-state index contributed by atoms with van der Waals surface area (Å²) in [6.07, 6.45) is 8.70. The number of ether oxygens (including phenoxy) is 3. The summed E-state index contributed by atoms with van der Waals surface area (Å²) >= 11 is 0. The second-order valence-corrected chi connectivity index (χ2v) is 13.3. The van der Waals surface area contributed by atoms with Crippen molar-refractivity contribution in [3.63, 3.8) is 0 Å². The average molecular weight is 652 g/mol. The number of hydrogen-bond donors (Lipinski definition) is 2. The van der Waals surface area contributed by atoms with Crippen molar-refractivity contribution in [2.45, 2.75) is 88.8 Å². The molecule has 8 atom stereocenters. The molecule has 1 spiro atoms. The van der Waals surface area contributed by atoms with Crippen LogP contribution in [0.25, 0.3) is 0 Å². The third-order valence-corrected chi connectivity index (χ3v) is 9.93. The van der Waals surface area contributed by atoms with Gasteiger partial charge in [0.2, 0.25) is 17.7 Å². The summed E-state index contributed by atoms with van der Waals surface area (Å²) in [5.74, 6) is -3.90. The number of nitrogens with zero attached hydrogens (tertiary/aromatic N) is 2. The lowest BCUT2D eigenvalue weighted by Crippen LogP contribution is -2.59. The Bertz CT molecular complexity index is 1350. The molecule has 11 nitrogen and oxygen atoms in total. The molecule has 1 aromatic carbocycles. The molecule has 0 bridgehead atoms. The fraction of sp³-hybridized carbons (Fsp3) is 0.611. The predicted molar refractivity (Wildman–Crippen MR) is 174 cm³/mol. The first kappa shape index (κ1) is 34.8. The third-order valence-electron chi connectivity index (χ3n) is 9.93. The smallest absolute Gasteiger partial charge is 0.313 e. The number of methoxy groups -OCH3 is 1. The van der Waals surface area contributed by atoms with Crippen molar-refractivity contribution in [3.8, 4) is 0 Å². The van der Waals surface area contributed by atoms with E-state index in [0.717, 1.165) is 19.3 Å². The molecule has 2 saturated heterocycles. The number of amides is 3. The van der Waals surface area contributed by atoms with Crippen LogP contribution in [0.3, 0.4) is 0 Å². The van der Waals surface area contributed by atoms with E-state index in [0.29, 0.717) is 25.1 Å². The first-order chi connectivity index (χ1) is 22.7. The van der Waals surface area contributed by atoms with Gasteiger partial charge >= 0.3 is 5.97 Å². The highest BCUT2D eigenvalue weighted by atomic mass is 16.6. The number of cyclic esters (lactones) is 1. The standard InChI is InChI=1S/C36H49N3O8/c1-5-6-12-19-38-20-13-18-36-30(33(42)39(32(36)34(38)43)26(21-40)23(2)3)29-27(47-36)16-10-11-17-28(41)37-25(22-45-4)31(46-35(29)44)24-14-8-7-9-15-24/h7-10,13-16,18,23,25-27,29-32,40H,5-6,11-12,17,19-22H2,1-4H3,(H,37,41)/b16-10-/t25-,26+,27-,29+,30+,31-,32-,36+/m1/s1. The molecule has 0 unspecified atom stereocenters. The normalized spacial score (nSPS) is 32.5. The van der Waals surface area contributed by atoms with E-state index >= 15 is 0 Å². The van der Waals surface area contributed by atoms with Crippen LogP contribution in [0.2, 0.25) is 0 Å². The van der Waals surface area contributed by atoms with Crippen molar-refractivity contribution >= 4 is 23.7 Å². The minimum Gasteiger partial charge on any atom is -0.455 e. The number of hydrogen-bond acceptors (Lipinski definition) is 8. The zero-order valence-corrected chi connectivity index (χ0v) is 27.9. The monoisotopic (exact) mass is 651 g/mol. The summed E-state index contributed by atoms with van der Waals surface area (Å²) in [7, 11) is 1.51. The van der Waals surface area contributed by atoms with E-state index in [1.54, 1.807) is 23.1 Å². The summed E-state index contributed by atoms with van der Waals surface area (Å²) in [5, 5.41) is 13.5. The van der Waals surface area contributed by atoms with E-state index in [-0.39, 0.29) is 37.4 Å². The van der Waals surface area contributed by atoms with E-state index in [1.807, 2.05) is 50.3 Å². The fourth-order valence-electron chi connectivity index (χ4n) is 7.61. The Morgan fingerprint density at radius 3 is 2.53 bits per heavy atom. The molecule has 0 radical (unpaired) electrons. The highest BCUT2D eigenvalue weighted by Gasteiger charge is 2.72. The molecule has 5 rings (SSSR count). The van der Waals surface area contributed by atoms with Gasteiger partial charge in [-0.2, -0.15) is 0 Å². The Kier molecular flexibility index (Phi) is 11.2. The number of unbranched alkanes of at least 4 members (excludes halogenated alkanes) is 2. The molecule has 2 fully saturated rings. The fourth-order valence-corrected chi connectivity index (χ4v) is 7.61. The zero-order valence-electron chi connectivity index (χ0n) is 27.9. The quantitative estimate of drug-likeness (QED) is 0.224. The molecule has 47 heavy (non-hydrogen) atoms. The Hall–Kier alpha value is -3.54. The Morgan fingerprint density at radius 2 is 1.85 bits per heavy atom. The first-order valence-electron chi connectivity index (χ1n) is 17.0. The molecule has 0 aliphatic carbocycles. The number of likely N-dealkylation sites (tertiary alicyclic amines) is 1. The average Bonchev–Trinajstić information content (AvgIpc) is 3.44. The lowest BCUT2D eigenvalue weighted by Gasteiger charge is -2.40. The molecule has 4 aliphatic heterocycles. The van der Waals surface area contributed by atoms with E-state index in [1.165, 1.54) is 12.0 Å². The van der Waals surface area contributed by atoms with Gasteiger partial charge in [-0.25, -0.2) is 0 Å². The van der Waals surface area contributed by atoms with Crippen LogP contribution in [0, 0.1) is 17.8 Å². The second kappa shape index (κ2) is 15.1. The Labute approximate surface area is 277 Å². The van der Waals surface area contributed by atoms with Crippen molar-refractivity contribution < 1.29 is 38.5 Å². The van der Waals surface area contributed by atoms with Crippen LogP contribution in [-0.2, 0) is 33.4 Å². The molecule has 0 saturated carbocycles. The van der Waals surface area contributed by atoms with E-state index in [2.05, 4.69) is 12.2 Å². The highest BCUT2D eigenvalue weighted by molar-refractivity contribution is 5.99. The molecule has 4 aliphatic rings. The summed E-state index contributed by atoms with van der Waals surface area (Å²) in [6.45, 7) is 6.51. The lowest BCUT2D eigenvalue weighted by molar-refractivity contribution is -0.163. The number of esters is 1. The molecular formula is C36H49N3O8. The molecule has 3 amide bonds. The van der Waals surface area contributed by atoms with Crippen LogP contribution in [-0.4, -0.2) is 102 Å². The Morgan fingerprint density at radius 1 is 1.09 bits per heavy atom. The van der Waals surface area contributed by atoms with Gasteiger partial charge in [-0.05, 0) is 24.3 Å². The van der Waals surface area contributed by atoms with Gasteiger partial charge < -0.3 is 34.4 Å². The van der Waals surface area contributed by atoms with Crippen molar-refractivity contribution in [2.24, 2.45) is 17.8 Å². The highest BCUT2D eigenvalue weighted by Crippen LogP contribution is 2.54. The topological polar surface area (TPSA) is 135 Å². The van der Waals surface area contributed by atoms with Crippen LogP contribution in [0.5, 0.6) is 0 Å². The van der Waals surface area contributed by atoms with E-state index < -0.39 is 59.6 Å². The van der Waals surface area contributed by atoms with Crippen molar-refractivity contribution in [1.29, 1.82) is 0 Å². The number of allylic oxidation sites excluding steroid dienone is 1. The van der Waals surface area contributed by atoms with Gasteiger partial charge in [0.25, 0.3) is 0 Å². The summed E-state index contributed by atoms with van der Waals surface area (Å²) < 4.78 is 18.6. The number of carbonyl (C=O) groups excluding carboxylic acids is 4.